The van der Waals surface area contributed by atoms with Crippen LogP contribution in [0, 0.1) is 17.2 Å². The van der Waals surface area contributed by atoms with Crippen molar-refractivity contribution < 1.29 is 0 Å². The Morgan fingerprint density at radius 1 is 1.32 bits per heavy atom. The molecule has 0 atom stereocenters. The van der Waals surface area contributed by atoms with Gasteiger partial charge in [-0.15, -0.1) is 0 Å². The highest BCUT2D eigenvalue weighted by Crippen LogP contribution is 2.30. The molecular formula is C16H21N3. The van der Waals surface area contributed by atoms with Gasteiger partial charge in [0.1, 0.15) is 11.9 Å². The van der Waals surface area contributed by atoms with Gasteiger partial charge in [0, 0.05) is 19.3 Å². The van der Waals surface area contributed by atoms with Crippen LogP contribution in [0.4, 0.5) is 5.82 Å². The summed E-state index contributed by atoms with van der Waals surface area (Å²) >= 11 is 0. The molecule has 3 rings (SSSR count). The van der Waals surface area contributed by atoms with Crippen LogP contribution in [0.3, 0.4) is 0 Å². The van der Waals surface area contributed by atoms with Crippen molar-refractivity contribution in [2.45, 2.75) is 44.9 Å². The van der Waals surface area contributed by atoms with E-state index in [4.69, 9.17) is 4.98 Å². The molecule has 0 unspecified atom stereocenters. The van der Waals surface area contributed by atoms with Crippen molar-refractivity contribution in [2.24, 2.45) is 5.92 Å². The Balaban J connectivity index is 1.88. The van der Waals surface area contributed by atoms with Crippen LogP contribution in [0.15, 0.2) is 6.07 Å². The van der Waals surface area contributed by atoms with Gasteiger partial charge >= 0.3 is 0 Å². The lowest BCUT2D eigenvalue weighted by atomic mass is 9.85. The van der Waals surface area contributed by atoms with E-state index in [0.29, 0.717) is 0 Å². The highest BCUT2D eigenvalue weighted by Gasteiger charge is 2.22. The quantitative estimate of drug-likeness (QED) is 0.833. The molecule has 0 aromatic carbocycles. The molecule has 1 aromatic rings. The maximum atomic E-state index is 9.36. The standard InChI is InChI=1S/C16H21N3/c1-19(11-12-5-4-6-12)16-14(10-17)9-13-7-2-3-8-15(13)18-16/h9,12H,2-8,11H2,1H3. The van der Waals surface area contributed by atoms with Crippen molar-refractivity contribution in [3.8, 4) is 6.07 Å². The number of nitrogens with zero attached hydrogens (tertiary/aromatic N) is 3. The monoisotopic (exact) mass is 255 g/mol. The molecule has 1 fully saturated rings. The maximum absolute atomic E-state index is 9.36. The molecule has 0 saturated heterocycles. The van der Waals surface area contributed by atoms with Crippen LogP contribution in [-0.2, 0) is 12.8 Å². The largest absolute Gasteiger partial charge is 0.358 e. The number of hydrogen-bond acceptors (Lipinski definition) is 3. The Morgan fingerprint density at radius 2 is 2.11 bits per heavy atom. The Kier molecular flexibility index (Phi) is 3.42. The van der Waals surface area contributed by atoms with E-state index in [2.05, 4.69) is 24.1 Å². The lowest BCUT2D eigenvalue weighted by Crippen LogP contribution is -2.30. The van der Waals surface area contributed by atoms with E-state index >= 15 is 0 Å². The third kappa shape index (κ3) is 2.45. The fraction of sp³-hybridized carbons (Fsp3) is 0.625. The molecule has 0 amide bonds. The summed E-state index contributed by atoms with van der Waals surface area (Å²) in [6, 6.07) is 4.41. The minimum atomic E-state index is 0.752. The van der Waals surface area contributed by atoms with Gasteiger partial charge in [0.15, 0.2) is 0 Å². The second kappa shape index (κ2) is 5.21. The topological polar surface area (TPSA) is 39.9 Å². The van der Waals surface area contributed by atoms with Gasteiger partial charge in [-0.2, -0.15) is 5.26 Å². The van der Waals surface area contributed by atoms with Gasteiger partial charge in [0.25, 0.3) is 0 Å². The number of anilines is 1. The number of aromatic nitrogens is 1. The molecule has 100 valence electrons. The van der Waals surface area contributed by atoms with E-state index in [1.807, 2.05) is 0 Å². The van der Waals surface area contributed by atoms with E-state index in [9.17, 15) is 5.26 Å². The molecule has 0 radical (unpaired) electrons. The third-order valence-electron chi connectivity index (χ3n) is 4.52. The highest BCUT2D eigenvalue weighted by atomic mass is 15.2. The number of aryl methyl sites for hydroxylation is 2. The van der Waals surface area contributed by atoms with Gasteiger partial charge in [0.2, 0.25) is 0 Å². The van der Waals surface area contributed by atoms with Gasteiger partial charge in [-0.05, 0) is 56.1 Å². The van der Waals surface area contributed by atoms with Crippen LogP contribution in [-0.4, -0.2) is 18.6 Å². The van der Waals surface area contributed by atoms with Gasteiger partial charge < -0.3 is 4.90 Å². The zero-order valence-electron chi connectivity index (χ0n) is 11.7. The summed E-state index contributed by atoms with van der Waals surface area (Å²) in [7, 11) is 2.08. The van der Waals surface area contributed by atoms with Crippen molar-refractivity contribution in [3.05, 3.63) is 22.9 Å². The second-order valence-electron chi connectivity index (χ2n) is 5.96. The van der Waals surface area contributed by atoms with Crippen LogP contribution < -0.4 is 4.90 Å². The predicted octanol–water partition coefficient (Wildman–Crippen LogP) is 3.07. The SMILES string of the molecule is CN(CC1CCC1)c1nc2c(cc1C#N)CCCC2. The second-order valence-corrected chi connectivity index (χ2v) is 5.96. The molecule has 3 nitrogen and oxygen atoms in total. The van der Waals surface area contributed by atoms with Gasteiger partial charge in [-0.1, -0.05) is 6.42 Å². The molecule has 1 aromatic heterocycles. The van der Waals surface area contributed by atoms with Gasteiger partial charge in [0.05, 0.1) is 5.56 Å². The summed E-state index contributed by atoms with van der Waals surface area (Å²) in [5.74, 6) is 1.70. The van der Waals surface area contributed by atoms with E-state index in [0.717, 1.165) is 36.7 Å². The molecule has 0 bridgehead atoms. The number of nitriles is 1. The zero-order chi connectivity index (χ0) is 13.2. The fourth-order valence-electron chi connectivity index (χ4n) is 3.15. The maximum Gasteiger partial charge on any atom is 0.146 e. The molecule has 2 aliphatic rings. The molecule has 19 heavy (non-hydrogen) atoms. The summed E-state index contributed by atoms with van der Waals surface area (Å²) in [5, 5.41) is 9.36. The number of pyridine rings is 1. The molecule has 3 heteroatoms. The first-order valence-electron chi connectivity index (χ1n) is 7.42. The van der Waals surface area contributed by atoms with E-state index < -0.39 is 0 Å². The Labute approximate surface area is 115 Å². The smallest absolute Gasteiger partial charge is 0.146 e. The zero-order valence-corrected chi connectivity index (χ0v) is 11.7. The van der Waals surface area contributed by atoms with E-state index in [1.54, 1.807) is 0 Å². The molecule has 0 aliphatic heterocycles. The lowest BCUT2D eigenvalue weighted by Gasteiger charge is -2.31. The number of rotatable bonds is 3. The predicted molar refractivity (Wildman–Crippen MR) is 76.2 cm³/mol. The van der Waals surface area contributed by atoms with Crippen molar-refractivity contribution >= 4 is 5.82 Å². The average molecular weight is 255 g/mol. The van der Waals surface area contributed by atoms with Crippen molar-refractivity contribution in [1.29, 1.82) is 5.26 Å². The van der Waals surface area contributed by atoms with Crippen LogP contribution >= 0.6 is 0 Å². The summed E-state index contributed by atoms with van der Waals surface area (Å²) < 4.78 is 0. The van der Waals surface area contributed by atoms with E-state index in [-0.39, 0.29) is 0 Å². The van der Waals surface area contributed by atoms with Crippen LogP contribution in [0.2, 0.25) is 0 Å². The molecular weight excluding hydrogens is 234 g/mol. The molecule has 1 saturated carbocycles. The molecule has 0 spiro atoms. The number of hydrogen-bond donors (Lipinski definition) is 0. The van der Waals surface area contributed by atoms with Gasteiger partial charge in [-0.25, -0.2) is 4.98 Å². The summed E-state index contributed by atoms with van der Waals surface area (Å²) in [6.07, 6.45) is 8.65. The normalized spacial score (nSPS) is 18.3. The van der Waals surface area contributed by atoms with Crippen molar-refractivity contribution in [3.63, 3.8) is 0 Å². The fourth-order valence-corrected chi connectivity index (χ4v) is 3.15. The van der Waals surface area contributed by atoms with Crippen LogP contribution in [0.5, 0.6) is 0 Å². The lowest BCUT2D eigenvalue weighted by molar-refractivity contribution is 0.321. The molecule has 1 heterocycles. The Hall–Kier alpha value is -1.56. The first-order chi connectivity index (χ1) is 9.28. The minimum Gasteiger partial charge on any atom is -0.358 e. The van der Waals surface area contributed by atoms with E-state index in [1.165, 1.54) is 43.4 Å². The van der Waals surface area contributed by atoms with Gasteiger partial charge in [-0.3, -0.25) is 0 Å². The highest BCUT2D eigenvalue weighted by molar-refractivity contribution is 5.56. The summed E-state index contributed by atoms with van der Waals surface area (Å²) in [4.78, 5) is 6.99. The summed E-state index contributed by atoms with van der Waals surface area (Å²) in [5.41, 5.74) is 3.27. The minimum absolute atomic E-state index is 0.752. The summed E-state index contributed by atoms with van der Waals surface area (Å²) in [6.45, 7) is 1.04. The molecule has 0 N–H and O–H groups in total. The average Bonchev–Trinajstić information content (AvgIpc) is 2.41. The first-order valence-corrected chi connectivity index (χ1v) is 7.42. The Morgan fingerprint density at radius 3 is 2.79 bits per heavy atom. The van der Waals surface area contributed by atoms with Crippen LogP contribution in [0.25, 0.3) is 0 Å². The Bertz CT molecular complexity index is 511. The van der Waals surface area contributed by atoms with Crippen molar-refractivity contribution in [1.82, 2.24) is 4.98 Å². The third-order valence-corrected chi connectivity index (χ3v) is 4.52. The van der Waals surface area contributed by atoms with Crippen LogP contribution in [0.1, 0.15) is 48.9 Å². The number of fused-ring (bicyclic) bond motifs is 1. The first kappa shape index (κ1) is 12.5. The molecule has 2 aliphatic carbocycles. The van der Waals surface area contributed by atoms with Crippen molar-refractivity contribution in [2.75, 3.05) is 18.5 Å².